The van der Waals surface area contributed by atoms with Gasteiger partial charge < -0.3 is 14.2 Å². The van der Waals surface area contributed by atoms with Crippen molar-refractivity contribution in [3.8, 4) is 0 Å². The molecule has 0 bridgehead atoms. The van der Waals surface area contributed by atoms with E-state index in [2.05, 4.69) is 20.8 Å². The summed E-state index contributed by atoms with van der Waals surface area (Å²) in [7, 11) is -3.75. The monoisotopic (exact) mass is 481 g/mol. The third kappa shape index (κ3) is 6.33. The SMILES string of the molecule is Cc1ccc(S(=O)(=O)N2CCOCC2)cc1C(=O)OCC(=O)O[C@@H]1C[C@@H](C)CC[C@H]1C(C)C. The highest BCUT2D eigenvalue weighted by molar-refractivity contribution is 7.89. The predicted octanol–water partition coefficient (Wildman–Crippen LogP) is 3.18. The lowest BCUT2D eigenvalue weighted by atomic mass is 9.75. The van der Waals surface area contributed by atoms with Crippen LogP contribution in [0.2, 0.25) is 0 Å². The second-order valence-electron chi connectivity index (χ2n) is 9.42. The Bertz CT molecular complexity index is 954. The van der Waals surface area contributed by atoms with Crippen LogP contribution in [0.15, 0.2) is 23.1 Å². The van der Waals surface area contributed by atoms with Crippen LogP contribution in [0.4, 0.5) is 0 Å². The number of hydrogen-bond donors (Lipinski definition) is 0. The molecular formula is C24H35NO7S. The molecule has 0 unspecified atom stereocenters. The highest BCUT2D eigenvalue weighted by Gasteiger charge is 2.34. The first kappa shape index (κ1) is 25.6. The van der Waals surface area contributed by atoms with Crippen LogP contribution >= 0.6 is 0 Å². The first-order chi connectivity index (χ1) is 15.6. The Labute approximate surface area is 196 Å². The second kappa shape index (κ2) is 11.0. The number of sulfonamides is 1. The van der Waals surface area contributed by atoms with Crippen LogP contribution in [0.25, 0.3) is 0 Å². The summed E-state index contributed by atoms with van der Waals surface area (Å²) in [5.41, 5.74) is 0.679. The van der Waals surface area contributed by atoms with Crippen molar-refractivity contribution in [3.63, 3.8) is 0 Å². The Morgan fingerprint density at radius 2 is 1.88 bits per heavy atom. The maximum atomic E-state index is 12.9. The van der Waals surface area contributed by atoms with E-state index in [0.717, 1.165) is 19.3 Å². The van der Waals surface area contributed by atoms with E-state index in [0.29, 0.717) is 36.5 Å². The van der Waals surface area contributed by atoms with E-state index in [9.17, 15) is 18.0 Å². The van der Waals surface area contributed by atoms with Gasteiger partial charge in [0, 0.05) is 13.1 Å². The number of carbonyl (C=O) groups excluding carboxylic acids is 2. The molecule has 8 nitrogen and oxygen atoms in total. The molecule has 1 aromatic carbocycles. The number of benzene rings is 1. The van der Waals surface area contributed by atoms with Crippen LogP contribution in [-0.2, 0) is 29.0 Å². The number of hydrogen-bond acceptors (Lipinski definition) is 7. The lowest BCUT2D eigenvalue weighted by Gasteiger charge is -2.36. The molecule has 1 aromatic rings. The molecule has 9 heteroatoms. The van der Waals surface area contributed by atoms with E-state index >= 15 is 0 Å². The number of ether oxygens (including phenoxy) is 3. The van der Waals surface area contributed by atoms with Gasteiger partial charge in [-0.25, -0.2) is 18.0 Å². The molecule has 0 amide bonds. The summed E-state index contributed by atoms with van der Waals surface area (Å²) in [4.78, 5) is 25.1. The summed E-state index contributed by atoms with van der Waals surface area (Å²) < 4.78 is 43.3. The standard InChI is InChI=1S/C24H35NO7S/c1-16(2)20-8-5-17(3)13-22(20)32-23(26)15-31-24(27)21-14-19(7-6-18(21)4)33(28,29)25-9-11-30-12-10-25/h6-7,14,16-17,20,22H,5,8-13,15H2,1-4H3/t17-,20-,22+/m0/s1. The van der Waals surface area contributed by atoms with Gasteiger partial charge in [0.2, 0.25) is 10.0 Å². The van der Waals surface area contributed by atoms with Crippen molar-refractivity contribution in [1.29, 1.82) is 0 Å². The molecule has 1 saturated carbocycles. The fraction of sp³-hybridized carbons (Fsp3) is 0.667. The van der Waals surface area contributed by atoms with Gasteiger partial charge in [0.15, 0.2) is 6.61 Å². The number of esters is 2. The van der Waals surface area contributed by atoms with Crippen molar-refractivity contribution in [3.05, 3.63) is 29.3 Å². The van der Waals surface area contributed by atoms with Crippen LogP contribution in [0, 0.1) is 24.7 Å². The molecule has 2 fully saturated rings. The van der Waals surface area contributed by atoms with Crippen LogP contribution in [-0.4, -0.2) is 63.7 Å². The summed E-state index contributed by atoms with van der Waals surface area (Å²) in [5.74, 6) is -0.148. The smallest absolute Gasteiger partial charge is 0.344 e. The average molecular weight is 482 g/mol. The molecule has 1 heterocycles. The van der Waals surface area contributed by atoms with Crippen molar-refractivity contribution in [1.82, 2.24) is 4.31 Å². The number of carbonyl (C=O) groups is 2. The Morgan fingerprint density at radius 3 is 2.55 bits per heavy atom. The zero-order valence-electron chi connectivity index (χ0n) is 19.9. The number of nitrogens with zero attached hydrogens (tertiary/aromatic N) is 1. The summed E-state index contributed by atoms with van der Waals surface area (Å²) in [6.45, 7) is 8.78. The minimum atomic E-state index is -3.75. The first-order valence-electron chi connectivity index (χ1n) is 11.6. The van der Waals surface area contributed by atoms with E-state index in [-0.39, 0.29) is 29.7 Å². The normalized spacial score (nSPS) is 24.5. The molecule has 1 aliphatic carbocycles. The minimum absolute atomic E-state index is 0.0143. The van der Waals surface area contributed by atoms with Crippen molar-refractivity contribution >= 4 is 22.0 Å². The fourth-order valence-corrected chi connectivity index (χ4v) is 6.01. The van der Waals surface area contributed by atoms with E-state index in [1.807, 2.05) is 0 Å². The van der Waals surface area contributed by atoms with E-state index in [4.69, 9.17) is 14.2 Å². The summed E-state index contributed by atoms with van der Waals surface area (Å²) >= 11 is 0. The van der Waals surface area contributed by atoms with Crippen LogP contribution in [0.3, 0.4) is 0 Å². The molecule has 1 saturated heterocycles. The lowest BCUT2D eigenvalue weighted by Crippen LogP contribution is -2.40. The number of aryl methyl sites for hydroxylation is 1. The lowest BCUT2D eigenvalue weighted by molar-refractivity contribution is -0.159. The van der Waals surface area contributed by atoms with Gasteiger partial charge in [-0.3, -0.25) is 0 Å². The molecule has 2 aliphatic rings. The summed E-state index contributed by atoms with van der Waals surface area (Å²) in [6, 6.07) is 4.35. The maximum absolute atomic E-state index is 12.9. The molecule has 33 heavy (non-hydrogen) atoms. The highest BCUT2D eigenvalue weighted by Crippen LogP contribution is 2.35. The molecular weight excluding hydrogens is 446 g/mol. The molecule has 1 aliphatic heterocycles. The molecule has 0 spiro atoms. The molecule has 3 rings (SSSR count). The first-order valence-corrected chi connectivity index (χ1v) is 13.1. The summed E-state index contributed by atoms with van der Waals surface area (Å²) in [6.07, 6.45) is 2.77. The highest BCUT2D eigenvalue weighted by atomic mass is 32.2. The Morgan fingerprint density at radius 1 is 1.18 bits per heavy atom. The van der Waals surface area contributed by atoms with Gasteiger partial charge in [-0.1, -0.05) is 33.3 Å². The Balaban J connectivity index is 1.64. The van der Waals surface area contributed by atoms with Crippen molar-refractivity contribution in [2.45, 2.75) is 58.0 Å². The van der Waals surface area contributed by atoms with Crippen molar-refractivity contribution in [2.24, 2.45) is 17.8 Å². The Kier molecular flexibility index (Phi) is 8.53. The van der Waals surface area contributed by atoms with Crippen molar-refractivity contribution < 1.29 is 32.2 Å². The van der Waals surface area contributed by atoms with Gasteiger partial charge in [0.05, 0.1) is 23.7 Å². The van der Waals surface area contributed by atoms with Crippen LogP contribution < -0.4 is 0 Å². The van der Waals surface area contributed by atoms with Gasteiger partial charge in [-0.15, -0.1) is 0 Å². The van der Waals surface area contributed by atoms with E-state index in [1.165, 1.54) is 16.4 Å². The number of rotatable bonds is 7. The zero-order chi connectivity index (χ0) is 24.2. The number of morpholine rings is 1. The van der Waals surface area contributed by atoms with Gasteiger partial charge in [0.1, 0.15) is 6.10 Å². The van der Waals surface area contributed by atoms with Crippen molar-refractivity contribution in [2.75, 3.05) is 32.9 Å². The largest absolute Gasteiger partial charge is 0.460 e. The van der Waals surface area contributed by atoms with Gasteiger partial charge in [-0.05, 0) is 55.2 Å². The molecule has 0 radical (unpaired) electrons. The molecule has 3 atom stereocenters. The van der Waals surface area contributed by atoms with Gasteiger partial charge in [-0.2, -0.15) is 4.31 Å². The van der Waals surface area contributed by atoms with E-state index < -0.39 is 28.6 Å². The molecule has 0 N–H and O–H groups in total. The van der Waals surface area contributed by atoms with Gasteiger partial charge >= 0.3 is 11.9 Å². The maximum Gasteiger partial charge on any atom is 0.344 e. The fourth-order valence-electron chi connectivity index (χ4n) is 4.57. The predicted molar refractivity (Wildman–Crippen MR) is 122 cm³/mol. The topological polar surface area (TPSA) is 99.2 Å². The van der Waals surface area contributed by atoms with Gasteiger partial charge in [0.25, 0.3) is 0 Å². The minimum Gasteiger partial charge on any atom is -0.460 e. The quantitative estimate of drug-likeness (QED) is 0.552. The third-order valence-electron chi connectivity index (χ3n) is 6.60. The third-order valence-corrected chi connectivity index (χ3v) is 8.50. The molecule has 0 aromatic heterocycles. The summed E-state index contributed by atoms with van der Waals surface area (Å²) in [5, 5.41) is 0. The Hall–Kier alpha value is -1.97. The molecule has 184 valence electrons. The average Bonchev–Trinajstić information content (AvgIpc) is 2.78. The second-order valence-corrected chi connectivity index (χ2v) is 11.4. The zero-order valence-corrected chi connectivity index (χ0v) is 20.7. The van der Waals surface area contributed by atoms with Crippen LogP contribution in [0.5, 0.6) is 0 Å². The van der Waals surface area contributed by atoms with Crippen LogP contribution in [0.1, 0.15) is 56.0 Å². The van der Waals surface area contributed by atoms with E-state index in [1.54, 1.807) is 13.0 Å².